The summed E-state index contributed by atoms with van der Waals surface area (Å²) in [6, 6.07) is 5.01. The molecule has 0 saturated carbocycles. The number of ether oxygens (including phenoxy) is 1. The standard InChI is InChI=1S/C15H14Cl2N4O4/c1-25-14(23)10(18)7-21-6-5-11(20-15(21)24)19-13(22)12-8(16)3-2-4-9(12)17/h2-6,10H,7,18H2,1H3,(H,19,20,22,24)/t10-/m1/s1. The molecule has 0 unspecified atom stereocenters. The van der Waals surface area contributed by atoms with E-state index in [9.17, 15) is 14.4 Å². The summed E-state index contributed by atoms with van der Waals surface area (Å²) in [5, 5.41) is 2.78. The van der Waals surface area contributed by atoms with Gasteiger partial charge in [0.2, 0.25) is 0 Å². The Bertz CT molecular complexity index is 849. The number of amides is 1. The molecule has 0 fully saturated rings. The van der Waals surface area contributed by atoms with Crippen molar-refractivity contribution in [2.45, 2.75) is 12.6 Å². The van der Waals surface area contributed by atoms with Crippen LogP contribution in [0, 0.1) is 0 Å². The van der Waals surface area contributed by atoms with E-state index in [0.717, 1.165) is 4.57 Å². The Morgan fingerprint density at radius 1 is 1.32 bits per heavy atom. The smallest absolute Gasteiger partial charge is 0.349 e. The molecule has 2 aromatic rings. The van der Waals surface area contributed by atoms with Crippen LogP contribution in [0.1, 0.15) is 10.4 Å². The number of nitrogens with one attached hydrogen (secondary N) is 1. The van der Waals surface area contributed by atoms with E-state index < -0.39 is 23.6 Å². The zero-order chi connectivity index (χ0) is 18.6. The third-order valence-electron chi connectivity index (χ3n) is 3.20. The first-order chi connectivity index (χ1) is 11.8. The summed E-state index contributed by atoms with van der Waals surface area (Å²) in [7, 11) is 1.20. The fourth-order valence-corrected chi connectivity index (χ4v) is 2.54. The van der Waals surface area contributed by atoms with E-state index >= 15 is 0 Å². The fourth-order valence-electron chi connectivity index (χ4n) is 1.97. The SMILES string of the molecule is COC(=O)[C@H](N)Cn1ccc(NC(=O)c2c(Cl)cccc2Cl)nc1=O. The maximum absolute atomic E-state index is 12.2. The quantitative estimate of drug-likeness (QED) is 0.750. The molecule has 25 heavy (non-hydrogen) atoms. The van der Waals surface area contributed by atoms with Gasteiger partial charge in [-0.1, -0.05) is 29.3 Å². The van der Waals surface area contributed by atoms with Crippen molar-refractivity contribution >= 4 is 40.9 Å². The largest absolute Gasteiger partial charge is 0.468 e. The Kier molecular flexibility index (Phi) is 6.13. The molecule has 3 N–H and O–H groups in total. The number of nitrogens with zero attached hydrogens (tertiary/aromatic N) is 2. The topological polar surface area (TPSA) is 116 Å². The van der Waals surface area contributed by atoms with E-state index in [-0.39, 0.29) is 28.0 Å². The summed E-state index contributed by atoms with van der Waals surface area (Å²) in [5.74, 6) is -1.25. The average Bonchev–Trinajstić information content (AvgIpc) is 2.56. The summed E-state index contributed by atoms with van der Waals surface area (Å²) in [5.41, 5.74) is 4.98. The minimum atomic E-state index is -1.01. The molecular weight excluding hydrogens is 371 g/mol. The van der Waals surface area contributed by atoms with Gasteiger partial charge in [-0.15, -0.1) is 0 Å². The van der Waals surface area contributed by atoms with Crippen LogP contribution >= 0.6 is 23.2 Å². The summed E-state index contributed by atoms with van der Waals surface area (Å²) < 4.78 is 5.61. The fraction of sp³-hybridized carbons (Fsp3) is 0.200. The highest BCUT2D eigenvalue weighted by Gasteiger charge is 2.17. The van der Waals surface area contributed by atoms with E-state index in [1.165, 1.54) is 31.5 Å². The summed E-state index contributed by atoms with van der Waals surface area (Å²) >= 11 is 11.9. The van der Waals surface area contributed by atoms with E-state index in [4.69, 9.17) is 28.9 Å². The second-order valence-corrected chi connectivity index (χ2v) is 5.74. The monoisotopic (exact) mass is 384 g/mol. The van der Waals surface area contributed by atoms with Crippen molar-refractivity contribution in [3.8, 4) is 0 Å². The number of carbonyl (C=O) groups is 2. The molecule has 2 rings (SSSR count). The molecule has 0 saturated heterocycles. The highest BCUT2D eigenvalue weighted by molar-refractivity contribution is 6.40. The van der Waals surface area contributed by atoms with Gasteiger partial charge in [-0.3, -0.25) is 14.2 Å². The summed E-state index contributed by atoms with van der Waals surface area (Å²) in [6.45, 7) is -0.108. The van der Waals surface area contributed by atoms with Gasteiger partial charge < -0.3 is 15.8 Å². The van der Waals surface area contributed by atoms with E-state index in [1.54, 1.807) is 6.07 Å². The molecule has 1 amide bonds. The molecule has 0 aliphatic carbocycles. The lowest BCUT2D eigenvalue weighted by Gasteiger charge is -2.12. The lowest BCUT2D eigenvalue weighted by Crippen LogP contribution is -2.39. The average molecular weight is 385 g/mol. The molecule has 0 aliphatic heterocycles. The molecule has 0 spiro atoms. The van der Waals surface area contributed by atoms with E-state index in [0.29, 0.717) is 0 Å². The number of anilines is 1. The molecule has 1 aromatic heterocycles. The van der Waals surface area contributed by atoms with Crippen LogP contribution in [0.15, 0.2) is 35.3 Å². The highest BCUT2D eigenvalue weighted by Crippen LogP contribution is 2.24. The molecule has 132 valence electrons. The van der Waals surface area contributed by atoms with Gasteiger partial charge in [0.05, 0.1) is 29.3 Å². The van der Waals surface area contributed by atoms with Gasteiger partial charge >= 0.3 is 11.7 Å². The lowest BCUT2D eigenvalue weighted by atomic mass is 10.2. The van der Waals surface area contributed by atoms with Gasteiger partial charge in [0, 0.05) is 6.20 Å². The van der Waals surface area contributed by atoms with Crippen LogP contribution in [0.2, 0.25) is 10.0 Å². The molecule has 1 aromatic carbocycles. The van der Waals surface area contributed by atoms with E-state index in [2.05, 4.69) is 15.0 Å². The van der Waals surface area contributed by atoms with Crippen LogP contribution < -0.4 is 16.7 Å². The number of esters is 1. The minimum Gasteiger partial charge on any atom is -0.468 e. The minimum absolute atomic E-state index is 0.00822. The van der Waals surface area contributed by atoms with Crippen molar-refractivity contribution in [2.75, 3.05) is 12.4 Å². The number of methoxy groups -OCH3 is 1. The molecule has 0 bridgehead atoms. The number of benzene rings is 1. The number of rotatable bonds is 5. The molecule has 10 heteroatoms. The molecule has 1 heterocycles. The van der Waals surface area contributed by atoms with Crippen molar-refractivity contribution < 1.29 is 14.3 Å². The van der Waals surface area contributed by atoms with Gasteiger partial charge in [0.1, 0.15) is 11.9 Å². The van der Waals surface area contributed by atoms with Crippen LogP contribution in [-0.2, 0) is 16.1 Å². The maximum atomic E-state index is 12.2. The van der Waals surface area contributed by atoms with Crippen molar-refractivity contribution in [3.05, 3.63) is 56.6 Å². The maximum Gasteiger partial charge on any atom is 0.349 e. The molecule has 0 aliphatic rings. The van der Waals surface area contributed by atoms with Crippen LogP contribution in [0.5, 0.6) is 0 Å². The Morgan fingerprint density at radius 3 is 2.52 bits per heavy atom. The predicted octanol–water partition coefficient (Wildman–Crippen LogP) is 1.30. The third kappa shape index (κ3) is 4.56. The Labute approximate surface area is 152 Å². The lowest BCUT2D eigenvalue weighted by molar-refractivity contribution is -0.142. The molecule has 1 atom stereocenters. The number of hydrogen-bond acceptors (Lipinski definition) is 6. The van der Waals surface area contributed by atoms with Gasteiger partial charge in [-0.2, -0.15) is 4.98 Å². The first kappa shape index (κ1) is 18.9. The van der Waals surface area contributed by atoms with Gasteiger partial charge in [-0.05, 0) is 18.2 Å². The number of carbonyl (C=O) groups excluding carboxylic acids is 2. The van der Waals surface area contributed by atoms with Crippen LogP contribution in [-0.4, -0.2) is 34.6 Å². The molecule has 0 radical (unpaired) electrons. The van der Waals surface area contributed by atoms with Crippen LogP contribution in [0.4, 0.5) is 5.82 Å². The normalized spacial score (nSPS) is 11.7. The van der Waals surface area contributed by atoms with Crippen molar-refractivity contribution in [1.82, 2.24) is 9.55 Å². The van der Waals surface area contributed by atoms with E-state index in [1.807, 2.05) is 0 Å². The Hall–Kier alpha value is -2.42. The van der Waals surface area contributed by atoms with Gasteiger partial charge in [0.15, 0.2) is 0 Å². The first-order valence-electron chi connectivity index (χ1n) is 6.99. The second-order valence-electron chi connectivity index (χ2n) is 4.93. The highest BCUT2D eigenvalue weighted by atomic mass is 35.5. The number of halogens is 2. The van der Waals surface area contributed by atoms with Crippen LogP contribution in [0.25, 0.3) is 0 Å². The molecular formula is C15H14Cl2N4O4. The third-order valence-corrected chi connectivity index (χ3v) is 3.83. The Balaban J connectivity index is 2.17. The molecule has 8 nitrogen and oxygen atoms in total. The van der Waals surface area contributed by atoms with Crippen molar-refractivity contribution in [2.24, 2.45) is 5.73 Å². The van der Waals surface area contributed by atoms with Crippen molar-refractivity contribution in [1.29, 1.82) is 0 Å². The number of aromatic nitrogens is 2. The zero-order valence-electron chi connectivity index (χ0n) is 13.0. The number of hydrogen-bond donors (Lipinski definition) is 2. The zero-order valence-corrected chi connectivity index (χ0v) is 14.5. The van der Waals surface area contributed by atoms with Crippen LogP contribution in [0.3, 0.4) is 0 Å². The summed E-state index contributed by atoms with van der Waals surface area (Å²) in [4.78, 5) is 39.2. The van der Waals surface area contributed by atoms with Crippen molar-refractivity contribution in [3.63, 3.8) is 0 Å². The summed E-state index contributed by atoms with van der Waals surface area (Å²) in [6.07, 6.45) is 1.35. The first-order valence-corrected chi connectivity index (χ1v) is 7.75. The number of nitrogens with two attached hydrogens (primary N) is 1. The van der Waals surface area contributed by atoms with Gasteiger partial charge in [0.25, 0.3) is 5.91 Å². The Morgan fingerprint density at radius 2 is 1.96 bits per heavy atom. The predicted molar refractivity (Wildman–Crippen MR) is 92.9 cm³/mol. The second kappa shape index (κ2) is 8.11. The van der Waals surface area contributed by atoms with Gasteiger partial charge in [-0.25, -0.2) is 4.79 Å².